The summed E-state index contributed by atoms with van der Waals surface area (Å²) < 4.78 is 4.67. The number of thioether (sulfide) groups is 1. The molecule has 5 heteroatoms. The van der Waals surface area contributed by atoms with E-state index in [9.17, 15) is 4.79 Å². The molecule has 0 unspecified atom stereocenters. The van der Waals surface area contributed by atoms with Crippen molar-refractivity contribution in [2.45, 2.75) is 18.4 Å². The minimum Gasteiger partial charge on any atom is -0.466 e. The van der Waals surface area contributed by atoms with Crippen LogP contribution in [0.1, 0.15) is 13.3 Å². The van der Waals surface area contributed by atoms with Gasteiger partial charge in [-0.2, -0.15) is 0 Å². The summed E-state index contributed by atoms with van der Waals surface area (Å²) in [5, 5.41) is 1.40. The summed E-state index contributed by atoms with van der Waals surface area (Å²) >= 11 is 7.46. The second-order valence-electron chi connectivity index (χ2n) is 3.18. The first-order valence-corrected chi connectivity index (χ1v) is 6.56. The molecule has 0 aliphatic rings. The maximum absolute atomic E-state index is 11.3. The van der Waals surface area contributed by atoms with E-state index in [0.29, 0.717) is 22.8 Å². The first kappa shape index (κ1) is 14.1. The van der Waals surface area contributed by atoms with Crippen LogP contribution in [0.3, 0.4) is 0 Å². The van der Waals surface area contributed by atoms with Gasteiger partial charge in [-0.3, -0.25) is 0 Å². The topological polar surface area (TPSA) is 39.2 Å². The first-order chi connectivity index (χ1) is 8.19. The van der Waals surface area contributed by atoms with Crippen molar-refractivity contribution in [3.8, 4) is 0 Å². The molecule has 1 aromatic rings. The van der Waals surface area contributed by atoms with Crippen molar-refractivity contribution in [1.82, 2.24) is 4.98 Å². The molecule has 1 heterocycles. The quantitative estimate of drug-likeness (QED) is 0.468. The summed E-state index contributed by atoms with van der Waals surface area (Å²) in [6, 6.07) is 3.58. The van der Waals surface area contributed by atoms with Crippen LogP contribution >= 0.6 is 23.4 Å². The Bertz CT molecular complexity index is 421. The van der Waals surface area contributed by atoms with Gasteiger partial charge in [0.05, 0.1) is 12.1 Å². The van der Waals surface area contributed by atoms with Crippen LogP contribution in [0.25, 0.3) is 0 Å². The van der Waals surface area contributed by atoms with Gasteiger partial charge in [0.25, 0.3) is 0 Å². The molecule has 0 radical (unpaired) electrons. The lowest BCUT2D eigenvalue weighted by Gasteiger charge is -2.03. The monoisotopic (exact) mass is 271 g/mol. The number of hydrogen-bond donors (Lipinski definition) is 0. The van der Waals surface area contributed by atoms with Gasteiger partial charge < -0.3 is 4.74 Å². The third-order valence-corrected chi connectivity index (χ3v) is 3.45. The first-order valence-electron chi connectivity index (χ1n) is 5.19. The van der Waals surface area contributed by atoms with Crippen LogP contribution in [-0.2, 0) is 9.53 Å². The molecule has 0 saturated carbocycles. The van der Waals surface area contributed by atoms with E-state index in [1.165, 1.54) is 18.9 Å². The molecule has 0 fully saturated rings. The predicted molar refractivity (Wildman–Crippen MR) is 70.4 cm³/mol. The Hall–Kier alpha value is -1.00. The predicted octanol–water partition coefficient (Wildman–Crippen LogP) is 3.34. The molecule has 1 rings (SSSR count). The molecule has 1 aromatic heterocycles. The zero-order chi connectivity index (χ0) is 12.7. The lowest BCUT2D eigenvalue weighted by Crippen LogP contribution is -2.04. The fourth-order valence-electron chi connectivity index (χ4n) is 1.20. The number of aromatic nitrogens is 1. The summed E-state index contributed by atoms with van der Waals surface area (Å²) in [5.41, 5.74) is 0.673. The van der Waals surface area contributed by atoms with Crippen LogP contribution in [0, 0.1) is 0 Å². The van der Waals surface area contributed by atoms with Crippen LogP contribution in [0.2, 0.25) is 5.02 Å². The van der Waals surface area contributed by atoms with Crippen LogP contribution < -0.4 is 0 Å². The average molecular weight is 272 g/mol. The molecule has 17 heavy (non-hydrogen) atoms. The number of pyridine rings is 1. The maximum atomic E-state index is 11.3. The lowest BCUT2D eigenvalue weighted by molar-refractivity contribution is -0.136. The molecule has 0 saturated heterocycles. The Labute approximate surface area is 110 Å². The van der Waals surface area contributed by atoms with Gasteiger partial charge in [-0.05, 0) is 18.6 Å². The average Bonchev–Trinajstić information content (AvgIpc) is 2.36. The molecule has 0 aromatic carbocycles. The summed E-state index contributed by atoms with van der Waals surface area (Å²) in [6.45, 7) is 1.92. The summed E-state index contributed by atoms with van der Waals surface area (Å²) in [7, 11) is 1.38. The van der Waals surface area contributed by atoms with Gasteiger partial charge in [0.2, 0.25) is 0 Å². The Morgan fingerprint density at radius 1 is 1.65 bits per heavy atom. The number of hydrogen-bond acceptors (Lipinski definition) is 4. The fraction of sp³-hybridized carbons (Fsp3) is 0.333. The van der Waals surface area contributed by atoms with E-state index >= 15 is 0 Å². The number of carbonyl (C=O) groups is 1. The molecule has 0 amide bonds. The minimum absolute atomic E-state index is 0.278. The number of ether oxygens (including phenoxy) is 1. The number of rotatable bonds is 5. The standard InChI is InChI=1S/C12H14ClNO2S/c1-3-9(12(15)16-2)6-8-17-11-10(13)5-4-7-14-11/h4-7H,3,8H2,1-2H3. The number of methoxy groups -OCH3 is 1. The van der Waals surface area contributed by atoms with Gasteiger partial charge in [-0.25, -0.2) is 9.78 Å². The molecule has 0 N–H and O–H groups in total. The molecule has 0 aliphatic heterocycles. The molecule has 0 atom stereocenters. The van der Waals surface area contributed by atoms with Gasteiger partial charge in [0, 0.05) is 17.5 Å². The van der Waals surface area contributed by atoms with Gasteiger partial charge >= 0.3 is 5.97 Å². The SMILES string of the molecule is CCC(=CCSc1ncccc1Cl)C(=O)OC. The number of halogens is 1. The molecule has 0 spiro atoms. The van der Waals surface area contributed by atoms with Crippen molar-refractivity contribution in [1.29, 1.82) is 0 Å². The minimum atomic E-state index is -0.278. The van der Waals surface area contributed by atoms with Crippen molar-refractivity contribution in [2.24, 2.45) is 0 Å². The van der Waals surface area contributed by atoms with Crippen LogP contribution in [0.15, 0.2) is 35.0 Å². The maximum Gasteiger partial charge on any atom is 0.333 e. The summed E-state index contributed by atoms with van der Waals surface area (Å²) in [4.78, 5) is 15.5. The second kappa shape index (κ2) is 7.35. The van der Waals surface area contributed by atoms with E-state index in [1.54, 1.807) is 18.3 Å². The highest BCUT2D eigenvalue weighted by Gasteiger charge is 2.06. The van der Waals surface area contributed by atoms with Crippen LogP contribution in [0.4, 0.5) is 0 Å². The molecule has 92 valence electrons. The Morgan fingerprint density at radius 3 is 3.00 bits per heavy atom. The Kier molecular flexibility index (Phi) is 6.08. The zero-order valence-corrected chi connectivity index (χ0v) is 11.3. The highest BCUT2D eigenvalue weighted by atomic mass is 35.5. The van der Waals surface area contributed by atoms with E-state index in [4.69, 9.17) is 11.6 Å². The largest absolute Gasteiger partial charge is 0.466 e. The fourth-order valence-corrected chi connectivity index (χ4v) is 2.27. The van der Waals surface area contributed by atoms with Gasteiger partial charge in [0.15, 0.2) is 0 Å². The summed E-state index contributed by atoms with van der Waals surface area (Å²) in [6.07, 6.45) is 4.20. The second-order valence-corrected chi connectivity index (χ2v) is 4.59. The van der Waals surface area contributed by atoms with Crippen LogP contribution in [-0.4, -0.2) is 23.8 Å². The molecular weight excluding hydrogens is 258 g/mol. The summed E-state index contributed by atoms with van der Waals surface area (Å²) in [5.74, 6) is 0.370. The van der Waals surface area contributed by atoms with E-state index < -0.39 is 0 Å². The van der Waals surface area contributed by atoms with Crippen molar-refractivity contribution in [2.75, 3.05) is 12.9 Å². The number of nitrogens with zero attached hydrogens (tertiary/aromatic N) is 1. The van der Waals surface area contributed by atoms with Crippen molar-refractivity contribution in [3.05, 3.63) is 35.0 Å². The smallest absolute Gasteiger partial charge is 0.333 e. The Balaban J connectivity index is 2.59. The Morgan fingerprint density at radius 2 is 2.41 bits per heavy atom. The van der Waals surface area contributed by atoms with Crippen LogP contribution in [0.5, 0.6) is 0 Å². The lowest BCUT2D eigenvalue weighted by atomic mass is 10.2. The number of esters is 1. The van der Waals surface area contributed by atoms with Gasteiger partial charge in [0.1, 0.15) is 5.03 Å². The van der Waals surface area contributed by atoms with E-state index in [-0.39, 0.29) is 5.97 Å². The molecular formula is C12H14ClNO2S. The number of carbonyl (C=O) groups excluding carboxylic acids is 1. The van der Waals surface area contributed by atoms with Gasteiger partial charge in [-0.1, -0.05) is 24.6 Å². The highest BCUT2D eigenvalue weighted by molar-refractivity contribution is 7.99. The molecule has 0 aliphatic carbocycles. The van der Waals surface area contributed by atoms with E-state index in [1.807, 2.05) is 13.0 Å². The third kappa shape index (κ3) is 4.40. The zero-order valence-electron chi connectivity index (χ0n) is 9.77. The van der Waals surface area contributed by atoms with E-state index in [0.717, 1.165) is 5.03 Å². The van der Waals surface area contributed by atoms with E-state index in [2.05, 4.69) is 9.72 Å². The third-order valence-electron chi connectivity index (χ3n) is 2.10. The van der Waals surface area contributed by atoms with Crippen molar-refractivity contribution < 1.29 is 9.53 Å². The van der Waals surface area contributed by atoms with Crippen molar-refractivity contribution >= 4 is 29.3 Å². The van der Waals surface area contributed by atoms with Gasteiger partial charge in [-0.15, -0.1) is 11.8 Å². The van der Waals surface area contributed by atoms with Crippen molar-refractivity contribution in [3.63, 3.8) is 0 Å². The normalized spacial score (nSPS) is 11.4. The molecule has 0 bridgehead atoms. The molecule has 3 nitrogen and oxygen atoms in total. The highest BCUT2D eigenvalue weighted by Crippen LogP contribution is 2.24.